The number of nitrogens with one attached hydrogen (secondary N) is 1. The van der Waals surface area contributed by atoms with Crippen LogP contribution in [0.25, 0.3) is 16.9 Å². The predicted octanol–water partition coefficient (Wildman–Crippen LogP) is 2.45. The molecule has 10 heteroatoms. The molecule has 2 unspecified atom stereocenters. The molecule has 0 aliphatic heterocycles. The molecule has 2 aliphatic carbocycles. The monoisotopic (exact) mass is 554 g/mol. The number of benzene rings is 1. The van der Waals surface area contributed by atoms with Crippen LogP contribution in [0.5, 0.6) is 5.88 Å². The van der Waals surface area contributed by atoms with Crippen LogP contribution < -0.4 is 56.1 Å². The SMILES string of the molecule is COc1cc(-c2cc(F)cc(C(C)C)c2C(C([NH-])=O)S(=O)(=O)C[C@]23CCC(CC2=O)C3(C)C)ccn1.[K+]. The minimum Gasteiger partial charge on any atom is -0.666 e. The van der Waals surface area contributed by atoms with Gasteiger partial charge in [0.05, 0.1) is 18.8 Å². The van der Waals surface area contributed by atoms with Crippen LogP contribution in [0.3, 0.4) is 0 Å². The van der Waals surface area contributed by atoms with Gasteiger partial charge in [-0.3, -0.25) is 4.79 Å². The summed E-state index contributed by atoms with van der Waals surface area (Å²) in [6, 6.07) is 5.51. The average molecular weight is 555 g/mol. The number of carbonyl (C=O) groups excluding carboxylic acids is 2. The van der Waals surface area contributed by atoms with E-state index in [1.807, 2.05) is 13.8 Å². The van der Waals surface area contributed by atoms with Crippen LogP contribution in [0.2, 0.25) is 0 Å². The first kappa shape index (κ1) is 30.4. The van der Waals surface area contributed by atoms with E-state index in [4.69, 9.17) is 10.5 Å². The summed E-state index contributed by atoms with van der Waals surface area (Å²) in [5.41, 5.74) is 7.46. The molecule has 4 rings (SSSR count). The summed E-state index contributed by atoms with van der Waals surface area (Å²) < 4.78 is 48.2. The van der Waals surface area contributed by atoms with Crippen molar-refractivity contribution in [2.75, 3.05) is 12.9 Å². The molecule has 1 amide bonds. The third-order valence-electron chi connectivity index (χ3n) is 8.50. The summed E-state index contributed by atoms with van der Waals surface area (Å²) in [5.74, 6) is -2.50. The maximum Gasteiger partial charge on any atom is 1.00 e. The maximum atomic E-state index is 14.8. The van der Waals surface area contributed by atoms with Gasteiger partial charge in [0.15, 0.2) is 9.84 Å². The van der Waals surface area contributed by atoms with E-state index in [0.29, 0.717) is 24.0 Å². The van der Waals surface area contributed by atoms with Crippen LogP contribution in [0.1, 0.15) is 69.3 Å². The molecular weight excluding hydrogens is 522 g/mol. The van der Waals surface area contributed by atoms with Crippen LogP contribution in [0.15, 0.2) is 30.5 Å². The molecule has 2 aromatic rings. The topological polar surface area (TPSA) is 114 Å². The number of ether oxygens (including phenoxy) is 1. The zero-order valence-corrected chi connectivity index (χ0v) is 26.2. The summed E-state index contributed by atoms with van der Waals surface area (Å²) in [6.45, 7) is 7.40. The zero-order chi connectivity index (χ0) is 26.6. The Kier molecular flexibility index (Phi) is 8.84. The standard InChI is InChI=1S/C27H33FN2O5S.K/c1-15(2)19-12-18(28)13-20(16-7-9-30-22(10-16)35-5)23(19)24(25(29)32)36(33,34)14-27-8-6-17(11-21(27)31)26(27,3)4;/h7,9-10,12-13,15,17,24H,6,8,11,14H2,1-5H3,(H2,29,32);/q;+1/p-1/t17?,24?,27-;/m1./s1. The number of hydrogen-bond donors (Lipinski definition) is 0. The van der Waals surface area contributed by atoms with Gasteiger partial charge in [-0.2, -0.15) is 0 Å². The van der Waals surface area contributed by atoms with E-state index >= 15 is 0 Å². The Morgan fingerprint density at radius 3 is 2.46 bits per heavy atom. The quantitative estimate of drug-likeness (QED) is 0.463. The zero-order valence-electron chi connectivity index (χ0n) is 22.2. The van der Waals surface area contributed by atoms with Crippen LogP contribution in [-0.2, 0) is 19.4 Å². The first-order chi connectivity index (χ1) is 16.7. The van der Waals surface area contributed by atoms with Crippen LogP contribution in [0.4, 0.5) is 4.39 Å². The van der Waals surface area contributed by atoms with E-state index in [1.54, 1.807) is 19.9 Å². The molecule has 2 bridgehead atoms. The van der Waals surface area contributed by atoms with E-state index in [9.17, 15) is 22.4 Å². The molecule has 1 aromatic heterocycles. The van der Waals surface area contributed by atoms with Gasteiger partial charge in [0.1, 0.15) is 16.9 Å². The van der Waals surface area contributed by atoms with Crippen molar-refractivity contribution in [2.24, 2.45) is 16.7 Å². The number of nitrogens with zero attached hydrogens (tertiary/aromatic N) is 1. The van der Waals surface area contributed by atoms with Crippen molar-refractivity contribution in [1.29, 1.82) is 0 Å². The summed E-state index contributed by atoms with van der Waals surface area (Å²) in [7, 11) is -2.92. The number of hydrogen-bond acceptors (Lipinski definition) is 6. The summed E-state index contributed by atoms with van der Waals surface area (Å²) >= 11 is 0. The van der Waals surface area contributed by atoms with Gasteiger partial charge in [0.2, 0.25) is 5.88 Å². The second kappa shape index (κ2) is 10.8. The summed E-state index contributed by atoms with van der Waals surface area (Å²) in [4.78, 5) is 30.0. The van der Waals surface area contributed by atoms with E-state index in [2.05, 4.69) is 4.98 Å². The average Bonchev–Trinajstić information content (AvgIpc) is 3.13. The molecule has 194 valence electrons. The smallest absolute Gasteiger partial charge is 0.666 e. The number of fused-ring (bicyclic) bond motifs is 2. The van der Waals surface area contributed by atoms with Gasteiger partial charge in [-0.05, 0) is 70.5 Å². The number of aromatic nitrogens is 1. The molecule has 0 saturated heterocycles. The van der Waals surface area contributed by atoms with Crippen molar-refractivity contribution in [3.05, 3.63) is 53.1 Å². The molecule has 7 nitrogen and oxygen atoms in total. The number of methoxy groups -OCH3 is 1. The molecule has 1 heterocycles. The van der Waals surface area contributed by atoms with Gasteiger partial charge in [-0.25, -0.2) is 17.8 Å². The van der Waals surface area contributed by atoms with Gasteiger partial charge in [-0.15, -0.1) is 0 Å². The van der Waals surface area contributed by atoms with E-state index in [0.717, 1.165) is 6.42 Å². The number of sulfone groups is 1. The molecule has 2 aliphatic rings. The van der Waals surface area contributed by atoms with Gasteiger partial charge in [0, 0.05) is 24.1 Å². The molecule has 2 saturated carbocycles. The third kappa shape index (κ3) is 5.09. The fraction of sp³-hybridized carbons (Fsp3) is 0.519. The van der Waals surface area contributed by atoms with Crippen molar-refractivity contribution in [3.63, 3.8) is 0 Å². The second-order valence-corrected chi connectivity index (χ2v) is 13.0. The van der Waals surface area contributed by atoms with Crippen molar-refractivity contribution >= 4 is 21.5 Å². The number of Topliss-reactive ketones (excluding diaryl/α,β-unsaturated/α-hetero) is 1. The van der Waals surface area contributed by atoms with E-state index in [-0.39, 0.29) is 86.0 Å². The Morgan fingerprint density at radius 2 is 1.95 bits per heavy atom. The third-order valence-corrected chi connectivity index (χ3v) is 10.6. The van der Waals surface area contributed by atoms with Gasteiger partial charge in [-0.1, -0.05) is 27.7 Å². The fourth-order valence-electron chi connectivity index (χ4n) is 6.35. The predicted molar refractivity (Wildman–Crippen MR) is 135 cm³/mol. The van der Waals surface area contributed by atoms with Crippen LogP contribution in [0, 0.1) is 22.6 Å². The summed E-state index contributed by atoms with van der Waals surface area (Å²) in [5, 5.41) is -1.86. The Morgan fingerprint density at radius 1 is 1.27 bits per heavy atom. The Balaban J connectivity index is 0.00000380. The van der Waals surface area contributed by atoms with Crippen molar-refractivity contribution < 1.29 is 78.5 Å². The van der Waals surface area contributed by atoms with Crippen molar-refractivity contribution in [2.45, 2.75) is 58.1 Å². The minimum absolute atomic E-state index is 0. The van der Waals surface area contributed by atoms with E-state index < -0.39 is 43.4 Å². The molecule has 1 N–H and O–H groups in total. The first-order valence-electron chi connectivity index (χ1n) is 12.1. The van der Waals surface area contributed by atoms with Gasteiger partial charge >= 0.3 is 51.4 Å². The van der Waals surface area contributed by atoms with Crippen LogP contribution in [-0.4, -0.2) is 38.0 Å². The Hall–Kier alpha value is -1.17. The Labute approximate surface area is 260 Å². The molecular formula is C27H32FKN2O5S. The van der Waals surface area contributed by atoms with Crippen molar-refractivity contribution in [3.8, 4) is 17.0 Å². The second-order valence-electron chi connectivity index (χ2n) is 10.9. The number of halogens is 1. The molecule has 3 atom stereocenters. The molecule has 0 radical (unpaired) electrons. The van der Waals surface area contributed by atoms with Gasteiger partial charge < -0.3 is 15.3 Å². The fourth-order valence-corrected chi connectivity index (χ4v) is 8.82. The maximum absolute atomic E-state index is 14.8. The number of pyridine rings is 1. The van der Waals surface area contributed by atoms with E-state index in [1.165, 1.54) is 31.5 Å². The Bertz CT molecular complexity index is 1340. The first-order valence-corrected chi connectivity index (χ1v) is 13.8. The molecule has 37 heavy (non-hydrogen) atoms. The normalized spacial score (nSPS) is 23.1. The minimum atomic E-state index is -4.35. The molecule has 1 aromatic carbocycles. The molecule has 0 spiro atoms. The number of amides is 1. The number of carbonyl (C=O) groups is 2. The number of rotatable bonds is 8. The number of ketones is 1. The summed E-state index contributed by atoms with van der Waals surface area (Å²) in [6.07, 6.45) is 2.97. The van der Waals surface area contributed by atoms with Gasteiger partial charge in [0.25, 0.3) is 0 Å². The largest absolute Gasteiger partial charge is 1.00 e. The van der Waals surface area contributed by atoms with Crippen molar-refractivity contribution in [1.82, 2.24) is 4.98 Å². The van der Waals surface area contributed by atoms with Crippen LogP contribution >= 0.6 is 0 Å². The molecule has 2 fully saturated rings.